The Kier molecular flexibility index (Phi) is 7.54. The predicted molar refractivity (Wildman–Crippen MR) is 68.4 cm³/mol. The smallest absolute Gasteiger partial charge is 0.310 e. The summed E-state index contributed by atoms with van der Waals surface area (Å²) >= 11 is 0. The zero-order valence-corrected chi connectivity index (χ0v) is 10.6. The van der Waals surface area contributed by atoms with Crippen molar-refractivity contribution in [3.05, 3.63) is 29.8 Å². The number of hydrogen-bond donors (Lipinski definition) is 2. The van der Waals surface area contributed by atoms with Crippen LogP contribution in [-0.2, 0) is 11.2 Å². The zero-order chi connectivity index (χ0) is 12.0. The third-order valence-electron chi connectivity index (χ3n) is 2.18. The average molecular weight is 260 g/mol. The standard InChI is InChI=1S/C12H17NO3.ClH/c1-2-12(15)16-11-5-3-9(4-6-11)7-10(13)8-14;/h3-6,10,14H,2,7-8,13H2,1H3;1H. The van der Waals surface area contributed by atoms with Crippen molar-refractivity contribution in [2.45, 2.75) is 25.8 Å². The molecule has 0 amide bonds. The zero-order valence-electron chi connectivity index (χ0n) is 9.76. The maximum absolute atomic E-state index is 11.0. The van der Waals surface area contributed by atoms with Crippen LogP contribution in [0.2, 0.25) is 0 Å². The van der Waals surface area contributed by atoms with Crippen LogP contribution in [0.1, 0.15) is 18.9 Å². The molecule has 5 heteroatoms. The van der Waals surface area contributed by atoms with E-state index in [0.29, 0.717) is 18.6 Å². The van der Waals surface area contributed by atoms with Gasteiger partial charge in [-0.15, -0.1) is 12.4 Å². The molecule has 3 N–H and O–H groups in total. The molecule has 0 aromatic heterocycles. The maximum atomic E-state index is 11.0. The average Bonchev–Trinajstić information content (AvgIpc) is 2.31. The van der Waals surface area contributed by atoms with Crippen LogP contribution in [0.15, 0.2) is 24.3 Å². The van der Waals surface area contributed by atoms with Crippen LogP contribution in [0.25, 0.3) is 0 Å². The predicted octanol–water partition coefficient (Wildman–Crippen LogP) is 1.29. The molecule has 1 aromatic rings. The Bertz CT molecular complexity index is 340. The van der Waals surface area contributed by atoms with E-state index in [2.05, 4.69) is 0 Å². The highest BCUT2D eigenvalue weighted by atomic mass is 35.5. The van der Waals surface area contributed by atoms with Crippen molar-refractivity contribution in [2.75, 3.05) is 6.61 Å². The van der Waals surface area contributed by atoms with Crippen LogP contribution in [0.5, 0.6) is 5.75 Å². The monoisotopic (exact) mass is 259 g/mol. The molecule has 0 aliphatic heterocycles. The third kappa shape index (κ3) is 5.68. The minimum absolute atomic E-state index is 0. The number of nitrogens with two attached hydrogens (primary N) is 1. The van der Waals surface area contributed by atoms with Gasteiger partial charge in [0.05, 0.1) is 6.61 Å². The fraction of sp³-hybridized carbons (Fsp3) is 0.417. The Morgan fingerprint density at radius 3 is 2.47 bits per heavy atom. The molecule has 0 saturated heterocycles. The van der Waals surface area contributed by atoms with E-state index in [1.165, 1.54) is 0 Å². The molecule has 1 unspecified atom stereocenters. The van der Waals surface area contributed by atoms with Gasteiger partial charge in [0.1, 0.15) is 5.75 Å². The molecule has 0 radical (unpaired) electrons. The first-order chi connectivity index (χ1) is 7.65. The van der Waals surface area contributed by atoms with Crippen LogP contribution in [-0.4, -0.2) is 23.7 Å². The van der Waals surface area contributed by atoms with Gasteiger partial charge in [0.2, 0.25) is 0 Å². The number of esters is 1. The van der Waals surface area contributed by atoms with Crippen LogP contribution in [0.4, 0.5) is 0 Å². The van der Waals surface area contributed by atoms with E-state index in [-0.39, 0.29) is 31.0 Å². The van der Waals surface area contributed by atoms with Crippen molar-refractivity contribution in [2.24, 2.45) is 5.73 Å². The summed E-state index contributed by atoms with van der Waals surface area (Å²) in [6.45, 7) is 1.71. The summed E-state index contributed by atoms with van der Waals surface area (Å²) in [7, 11) is 0. The molecule has 17 heavy (non-hydrogen) atoms. The first-order valence-electron chi connectivity index (χ1n) is 5.31. The lowest BCUT2D eigenvalue weighted by Crippen LogP contribution is -2.26. The first kappa shape index (κ1) is 15.9. The SMILES string of the molecule is CCC(=O)Oc1ccc(CC(N)CO)cc1.Cl. The summed E-state index contributed by atoms with van der Waals surface area (Å²) in [5, 5.41) is 8.81. The molecule has 0 aliphatic rings. The summed E-state index contributed by atoms with van der Waals surface area (Å²) in [5.74, 6) is 0.285. The number of rotatable bonds is 5. The topological polar surface area (TPSA) is 72.5 Å². The lowest BCUT2D eigenvalue weighted by molar-refractivity contribution is -0.134. The van der Waals surface area contributed by atoms with E-state index in [4.69, 9.17) is 15.6 Å². The second kappa shape index (κ2) is 8.06. The normalized spacial score (nSPS) is 11.5. The van der Waals surface area contributed by atoms with Crippen LogP contribution >= 0.6 is 12.4 Å². The van der Waals surface area contributed by atoms with E-state index in [1.54, 1.807) is 19.1 Å². The van der Waals surface area contributed by atoms with E-state index in [1.807, 2.05) is 12.1 Å². The summed E-state index contributed by atoms with van der Waals surface area (Å²) in [6.07, 6.45) is 0.968. The number of hydrogen-bond acceptors (Lipinski definition) is 4. The summed E-state index contributed by atoms with van der Waals surface area (Å²) in [4.78, 5) is 11.0. The van der Waals surface area contributed by atoms with Gasteiger partial charge in [-0.3, -0.25) is 4.79 Å². The quantitative estimate of drug-likeness (QED) is 0.617. The number of halogens is 1. The summed E-state index contributed by atoms with van der Waals surface area (Å²) in [5.41, 5.74) is 6.62. The third-order valence-corrected chi connectivity index (χ3v) is 2.18. The van der Waals surface area contributed by atoms with Gasteiger partial charge in [-0.1, -0.05) is 19.1 Å². The van der Waals surface area contributed by atoms with Crippen LogP contribution < -0.4 is 10.5 Å². The number of benzene rings is 1. The Balaban J connectivity index is 0.00000256. The fourth-order valence-corrected chi connectivity index (χ4v) is 1.26. The van der Waals surface area contributed by atoms with Crippen molar-refractivity contribution in [3.8, 4) is 5.75 Å². The number of aliphatic hydroxyl groups excluding tert-OH is 1. The Morgan fingerprint density at radius 2 is 2.00 bits per heavy atom. The lowest BCUT2D eigenvalue weighted by atomic mass is 10.1. The molecular formula is C12H18ClNO3. The van der Waals surface area contributed by atoms with E-state index < -0.39 is 0 Å². The molecule has 0 bridgehead atoms. The molecule has 1 rings (SSSR count). The van der Waals surface area contributed by atoms with Crippen LogP contribution in [0, 0.1) is 0 Å². The largest absolute Gasteiger partial charge is 0.427 e. The Labute approximate surface area is 107 Å². The Morgan fingerprint density at radius 1 is 1.41 bits per heavy atom. The minimum atomic E-state index is -0.250. The highest BCUT2D eigenvalue weighted by molar-refractivity contribution is 5.85. The molecule has 0 aliphatic carbocycles. The van der Waals surface area contributed by atoms with Crippen molar-refractivity contribution in [3.63, 3.8) is 0 Å². The fourth-order valence-electron chi connectivity index (χ4n) is 1.26. The molecule has 96 valence electrons. The molecule has 0 saturated carbocycles. The van der Waals surface area contributed by atoms with Crippen molar-refractivity contribution < 1.29 is 14.6 Å². The van der Waals surface area contributed by atoms with Gasteiger partial charge in [-0.2, -0.15) is 0 Å². The summed E-state index contributed by atoms with van der Waals surface area (Å²) < 4.78 is 5.03. The molecule has 4 nitrogen and oxygen atoms in total. The van der Waals surface area contributed by atoms with Gasteiger partial charge in [0.25, 0.3) is 0 Å². The van der Waals surface area contributed by atoms with Gasteiger partial charge < -0.3 is 15.6 Å². The van der Waals surface area contributed by atoms with Crippen LogP contribution in [0.3, 0.4) is 0 Å². The van der Waals surface area contributed by atoms with Gasteiger partial charge in [0, 0.05) is 12.5 Å². The van der Waals surface area contributed by atoms with Crippen molar-refractivity contribution >= 4 is 18.4 Å². The Hall–Kier alpha value is -1.10. The number of aliphatic hydroxyl groups is 1. The van der Waals surface area contributed by atoms with E-state index in [0.717, 1.165) is 5.56 Å². The molecule has 1 aromatic carbocycles. The minimum Gasteiger partial charge on any atom is -0.427 e. The second-order valence-electron chi connectivity index (χ2n) is 3.62. The molecule has 0 fully saturated rings. The maximum Gasteiger partial charge on any atom is 0.310 e. The van der Waals surface area contributed by atoms with E-state index >= 15 is 0 Å². The van der Waals surface area contributed by atoms with Gasteiger partial charge in [-0.25, -0.2) is 0 Å². The second-order valence-corrected chi connectivity index (χ2v) is 3.62. The van der Waals surface area contributed by atoms with Gasteiger partial charge >= 0.3 is 5.97 Å². The first-order valence-corrected chi connectivity index (χ1v) is 5.31. The molecule has 1 atom stereocenters. The van der Waals surface area contributed by atoms with Crippen molar-refractivity contribution in [1.29, 1.82) is 0 Å². The van der Waals surface area contributed by atoms with Crippen molar-refractivity contribution in [1.82, 2.24) is 0 Å². The number of ether oxygens (including phenoxy) is 1. The number of carbonyl (C=O) groups is 1. The highest BCUT2D eigenvalue weighted by Gasteiger charge is 2.04. The van der Waals surface area contributed by atoms with Gasteiger partial charge in [0.15, 0.2) is 0 Å². The van der Waals surface area contributed by atoms with Gasteiger partial charge in [-0.05, 0) is 24.1 Å². The highest BCUT2D eigenvalue weighted by Crippen LogP contribution is 2.13. The lowest BCUT2D eigenvalue weighted by Gasteiger charge is -2.08. The molecular weight excluding hydrogens is 242 g/mol. The molecule has 0 spiro atoms. The van der Waals surface area contributed by atoms with E-state index in [9.17, 15) is 4.79 Å². The molecule has 0 heterocycles. The summed E-state index contributed by atoms with van der Waals surface area (Å²) in [6, 6.07) is 6.89. The number of carbonyl (C=O) groups excluding carboxylic acids is 1.